The molecule has 5 N–H and O–H groups in total. The summed E-state index contributed by atoms with van der Waals surface area (Å²) in [5.41, 5.74) is 7.20. The summed E-state index contributed by atoms with van der Waals surface area (Å²) < 4.78 is 14.5. The largest absolute Gasteiger partial charge is 0.403 e. The van der Waals surface area contributed by atoms with Gasteiger partial charge in [-0.05, 0) is 23.8 Å². The number of hydrogen-bond acceptors (Lipinski definition) is 6. The number of carbonyl (C=O) groups excluding carboxylic acids is 1. The van der Waals surface area contributed by atoms with Gasteiger partial charge in [0.1, 0.15) is 5.82 Å². The van der Waals surface area contributed by atoms with Crippen LogP contribution in [0.1, 0.15) is 21.6 Å². The second-order valence-corrected chi connectivity index (χ2v) is 7.11. The fourth-order valence-electron chi connectivity index (χ4n) is 3.58. The highest BCUT2D eigenvalue weighted by molar-refractivity contribution is 5.95. The summed E-state index contributed by atoms with van der Waals surface area (Å²) in [5, 5.41) is 9.36. The van der Waals surface area contributed by atoms with Gasteiger partial charge in [-0.2, -0.15) is 5.10 Å². The minimum atomic E-state index is -0.600. The van der Waals surface area contributed by atoms with Crippen molar-refractivity contribution in [2.45, 2.75) is 6.42 Å². The minimum absolute atomic E-state index is 0.0249. The highest BCUT2D eigenvalue weighted by Gasteiger charge is 2.26. The molecule has 30 heavy (non-hydrogen) atoms. The van der Waals surface area contributed by atoms with Gasteiger partial charge in [0.25, 0.3) is 11.5 Å². The van der Waals surface area contributed by atoms with E-state index < -0.39 is 11.7 Å². The summed E-state index contributed by atoms with van der Waals surface area (Å²) in [5.74, 6) is 4.80. The molecule has 9 heteroatoms. The molecule has 0 aliphatic carbocycles. The predicted octanol–water partition coefficient (Wildman–Crippen LogP) is 1.08. The van der Waals surface area contributed by atoms with Crippen LogP contribution in [0.4, 0.5) is 4.39 Å². The Kier molecular flexibility index (Phi) is 5.20. The van der Waals surface area contributed by atoms with E-state index in [2.05, 4.69) is 10.2 Å². The van der Waals surface area contributed by atoms with E-state index in [0.717, 1.165) is 5.39 Å². The van der Waals surface area contributed by atoms with Gasteiger partial charge in [-0.15, -0.1) is 0 Å². The number of aromatic amines is 1. The first-order valence-electron chi connectivity index (χ1n) is 9.45. The summed E-state index contributed by atoms with van der Waals surface area (Å²) in [6.45, 7) is 0.980. The zero-order valence-electron chi connectivity index (χ0n) is 16.1. The Morgan fingerprint density at radius 3 is 2.73 bits per heavy atom. The average Bonchev–Trinajstić information content (AvgIpc) is 2.77. The molecule has 1 saturated heterocycles. The van der Waals surface area contributed by atoms with E-state index in [-0.39, 0.29) is 17.7 Å². The lowest BCUT2D eigenvalue weighted by Gasteiger charge is -2.35. The molecule has 154 valence electrons. The molecule has 1 amide bonds. The van der Waals surface area contributed by atoms with Gasteiger partial charge < -0.3 is 15.6 Å². The summed E-state index contributed by atoms with van der Waals surface area (Å²) in [6, 6.07) is 11.5. The van der Waals surface area contributed by atoms with E-state index in [4.69, 9.17) is 11.6 Å². The quantitative estimate of drug-likeness (QED) is 0.558. The van der Waals surface area contributed by atoms with Crippen LogP contribution in [0.15, 0.2) is 59.2 Å². The number of rotatable bonds is 3. The third-order valence-electron chi connectivity index (χ3n) is 5.22. The van der Waals surface area contributed by atoms with Gasteiger partial charge >= 0.3 is 0 Å². The molecule has 1 aliphatic heterocycles. The number of benzene rings is 2. The molecule has 4 rings (SSSR count). The summed E-state index contributed by atoms with van der Waals surface area (Å²) in [7, 11) is 0. The maximum Gasteiger partial charge on any atom is 0.272 e. The molecule has 0 saturated carbocycles. The van der Waals surface area contributed by atoms with Crippen molar-refractivity contribution >= 4 is 16.7 Å². The summed E-state index contributed by atoms with van der Waals surface area (Å²) >= 11 is 0. The molecule has 1 fully saturated rings. The topological polar surface area (TPSA) is 121 Å². The van der Waals surface area contributed by atoms with Crippen LogP contribution in [-0.4, -0.2) is 45.6 Å². The molecule has 8 nitrogen and oxygen atoms in total. The lowest BCUT2D eigenvalue weighted by molar-refractivity contribution is 0.0694. The lowest BCUT2D eigenvalue weighted by atomic mass is 10.0. The van der Waals surface area contributed by atoms with Crippen LogP contribution in [-0.2, 0) is 6.42 Å². The number of hydrogen-bond donors (Lipinski definition) is 3. The average molecular weight is 408 g/mol. The number of fused-ring (bicyclic) bond motifs is 1. The van der Waals surface area contributed by atoms with Gasteiger partial charge in [-0.1, -0.05) is 24.3 Å². The van der Waals surface area contributed by atoms with Gasteiger partial charge in [0, 0.05) is 24.6 Å². The zero-order chi connectivity index (χ0) is 21.3. The number of nitrogens with two attached hydrogens (primary N) is 2. The van der Waals surface area contributed by atoms with Crippen molar-refractivity contribution in [3.8, 4) is 0 Å². The van der Waals surface area contributed by atoms with Crippen LogP contribution in [0.25, 0.3) is 10.8 Å². The molecule has 0 radical (unpaired) electrons. The zero-order valence-corrected chi connectivity index (χ0v) is 16.1. The normalized spacial score (nSPS) is 15.7. The van der Waals surface area contributed by atoms with E-state index in [0.29, 0.717) is 41.9 Å². The van der Waals surface area contributed by atoms with Crippen LogP contribution in [0.5, 0.6) is 0 Å². The van der Waals surface area contributed by atoms with Crippen LogP contribution in [0, 0.1) is 5.82 Å². The van der Waals surface area contributed by atoms with Crippen molar-refractivity contribution in [3.63, 3.8) is 0 Å². The van der Waals surface area contributed by atoms with E-state index >= 15 is 0 Å². The predicted molar refractivity (Wildman–Crippen MR) is 111 cm³/mol. The number of carbonyl (C=O) groups is 1. The number of nitrogens with zero attached hydrogens (tertiary/aromatic N) is 3. The van der Waals surface area contributed by atoms with E-state index in [9.17, 15) is 14.0 Å². The molecule has 0 atom stereocenters. The Morgan fingerprint density at radius 1 is 1.20 bits per heavy atom. The van der Waals surface area contributed by atoms with Crippen LogP contribution in [0.3, 0.4) is 0 Å². The first-order chi connectivity index (χ1) is 14.5. The van der Waals surface area contributed by atoms with Crippen molar-refractivity contribution in [2.75, 3.05) is 19.6 Å². The maximum atomic E-state index is 14.5. The molecule has 0 bridgehead atoms. The van der Waals surface area contributed by atoms with Crippen LogP contribution < -0.4 is 17.1 Å². The second kappa shape index (κ2) is 7.96. The van der Waals surface area contributed by atoms with E-state index in [1.54, 1.807) is 18.2 Å². The molecule has 1 aromatic heterocycles. The monoisotopic (exact) mass is 408 g/mol. The second-order valence-electron chi connectivity index (χ2n) is 7.11. The number of halogens is 1. The highest BCUT2D eigenvalue weighted by Crippen LogP contribution is 2.20. The Hall–Kier alpha value is -3.72. The first-order valence-corrected chi connectivity index (χ1v) is 9.45. The van der Waals surface area contributed by atoms with Crippen molar-refractivity contribution in [3.05, 3.63) is 87.4 Å². The Morgan fingerprint density at radius 2 is 1.97 bits per heavy atom. The molecule has 1 aliphatic rings. The fraction of sp³-hybridized carbons (Fsp3) is 0.190. The number of nitrogens with one attached hydrogen (secondary N) is 1. The number of aromatic nitrogens is 2. The lowest BCUT2D eigenvalue weighted by Crippen LogP contribution is -2.50. The number of piperazine rings is 1. The Balaban J connectivity index is 1.64. The number of amides is 1. The first kappa shape index (κ1) is 19.6. The van der Waals surface area contributed by atoms with Gasteiger partial charge in [0.15, 0.2) is 0 Å². The number of hydrazine groups is 1. The molecule has 2 aromatic carbocycles. The summed E-state index contributed by atoms with van der Waals surface area (Å²) in [6.07, 6.45) is 1.68. The van der Waals surface area contributed by atoms with Crippen molar-refractivity contribution in [2.24, 2.45) is 11.6 Å². The van der Waals surface area contributed by atoms with E-state index in [1.807, 2.05) is 12.1 Å². The van der Waals surface area contributed by atoms with Gasteiger partial charge in [0.05, 0.1) is 35.4 Å². The third kappa shape index (κ3) is 3.62. The standard InChI is InChI=1S/C21H21FN6O2/c22-18-6-5-13(10-19-15-3-1-2-4-16(15)20(29)26-25-19)9-17(18)21(30)27-7-8-28(24)14(11-23)12-27/h1-6,9,11H,7-8,10,12,23-24H2,(H,26,29)/b14-11-. The van der Waals surface area contributed by atoms with Crippen molar-refractivity contribution < 1.29 is 9.18 Å². The third-order valence-corrected chi connectivity index (χ3v) is 5.22. The van der Waals surface area contributed by atoms with Gasteiger partial charge in [-0.3, -0.25) is 9.59 Å². The molecule has 2 heterocycles. The molecular formula is C21H21FN6O2. The molecule has 3 aromatic rings. The smallest absolute Gasteiger partial charge is 0.272 e. The van der Waals surface area contributed by atoms with Crippen molar-refractivity contribution in [1.82, 2.24) is 20.1 Å². The molecular weight excluding hydrogens is 387 g/mol. The van der Waals surface area contributed by atoms with Gasteiger partial charge in [-0.25, -0.2) is 15.3 Å². The minimum Gasteiger partial charge on any atom is -0.403 e. The summed E-state index contributed by atoms with van der Waals surface area (Å²) in [4.78, 5) is 26.4. The van der Waals surface area contributed by atoms with Crippen molar-refractivity contribution in [1.29, 1.82) is 0 Å². The van der Waals surface area contributed by atoms with Crippen LogP contribution >= 0.6 is 0 Å². The highest BCUT2D eigenvalue weighted by atomic mass is 19.1. The number of H-pyrrole nitrogens is 1. The Labute approximate surface area is 171 Å². The van der Waals surface area contributed by atoms with Crippen LogP contribution in [0.2, 0.25) is 0 Å². The fourth-order valence-corrected chi connectivity index (χ4v) is 3.58. The molecule has 0 spiro atoms. The van der Waals surface area contributed by atoms with E-state index in [1.165, 1.54) is 28.2 Å². The SMILES string of the molecule is N/C=C1/CN(C(=O)c2cc(Cc3n[nH]c(=O)c4ccccc34)ccc2F)CCN1N. The molecule has 0 unspecified atom stereocenters. The Bertz CT molecular complexity index is 1210. The van der Waals surface area contributed by atoms with Gasteiger partial charge in [0.2, 0.25) is 0 Å². The maximum absolute atomic E-state index is 14.5.